The summed E-state index contributed by atoms with van der Waals surface area (Å²) in [5.74, 6) is 0.442. The summed E-state index contributed by atoms with van der Waals surface area (Å²) in [5, 5.41) is 0. The first-order valence-corrected chi connectivity index (χ1v) is 7.17. The van der Waals surface area contributed by atoms with Crippen molar-refractivity contribution in [1.29, 1.82) is 0 Å². The van der Waals surface area contributed by atoms with Crippen LogP contribution in [-0.2, 0) is 11.1 Å². The largest absolute Gasteiger partial charge is 0.302 e. The molecule has 2 aliphatic carbocycles. The summed E-state index contributed by atoms with van der Waals surface area (Å²) in [6.07, 6.45) is 0. The lowest BCUT2D eigenvalue weighted by Gasteiger charge is -2.04. The van der Waals surface area contributed by atoms with Crippen molar-refractivity contribution in [3.05, 3.63) is 41.0 Å². The summed E-state index contributed by atoms with van der Waals surface area (Å²) < 4.78 is 20.8. The smallest absolute Gasteiger partial charge is 0.187 e. The highest BCUT2D eigenvalue weighted by atomic mass is 32.2. The van der Waals surface area contributed by atoms with Gasteiger partial charge in [0.1, 0.15) is 0 Å². The topological polar surface area (TPSA) is 37.3 Å². The van der Waals surface area contributed by atoms with Crippen LogP contribution in [0, 0.1) is 13.8 Å². The van der Waals surface area contributed by atoms with Crippen LogP contribution in [0.2, 0.25) is 0 Å². The van der Waals surface area contributed by atoms with Gasteiger partial charge in [-0.2, -0.15) is 0 Å². The molecule has 0 saturated carbocycles. The number of rotatable bonds is 2. The van der Waals surface area contributed by atoms with Crippen LogP contribution >= 0.6 is 0 Å². The molecule has 0 aromatic carbocycles. The van der Waals surface area contributed by atoms with Crippen LogP contribution in [0.4, 0.5) is 0 Å². The van der Waals surface area contributed by atoms with Gasteiger partial charge in [-0.25, -0.2) is 4.21 Å². The lowest BCUT2D eigenvalue weighted by molar-refractivity contribution is 0.565. The number of aryl methyl sites for hydroxylation is 2. The van der Waals surface area contributed by atoms with Crippen LogP contribution in [0.3, 0.4) is 0 Å². The minimum absolute atomic E-state index is 0.442. The lowest BCUT2D eigenvalue weighted by atomic mass is 10.0. The van der Waals surface area contributed by atoms with Gasteiger partial charge in [0.2, 0.25) is 0 Å². The first-order valence-electron chi connectivity index (χ1n) is 6.06. The standard InChI is InChI=1S/C15H18O2S/c1-9(2)12-6-5-10(3)15-13(8-12)11(4)7-14(15)18(16)17/h5-9H,1-4H3,(H,16,17). The first kappa shape index (κ1) is 13.2. The molecular weight excluding hydrogens is 244 g/mol. The molecule has 0 fully saturated rings. The van der Waals surface area contributed by atoms with E-state index >= 15 is 0 Å². The van der Waals surface area contributed by atoms with E-state index in [-0.39, 0.29) is 0 Å². The van der Waals surface area contributed by atoms with E-state index in [0.717, 1.165) is 22.3 Å². The van der Waals surface area contributed by atoms with E-state index in [9.17, 15) is 8.76 Å². The zero-order valence-electron chi connectivity index (χ0n) is 11.2. The molecule has 1 unspecified atom stereocenters. The molecule has 0 bridgehead atoms. The summed E-state index contributed by atoms with van der Waals surface area (Å²) in [5.41, 5.74) is 5.35. The third-order valence-electron chi connectivity index (χ3n) is 3.37. The van der Waals surface area contributed by atoms with E-state index in [1.807, 2.05) is 26.0 Å². The second kappa shape index (κ2) is 4.82. The van der Waals surface area contributed by atoms with Gasteiger partial charge < -0.3 is 4.55 Å². The van der Waals surface area contributed by atoms with Crippen LogP contribution < -0.4 is 0 Å². The van der Waals surface area contributed by atoms with Crippen LogP contribution in [-0.4, -0.2) is 8.76 Å². The summed E-state index contributed by atoms with van der Waals surface area (Å²) in [7, 11) is 0. The van der Waals surface area contributed by atoms with Gasteiger partial charge in [0.05, 0.1) is 4.90 Å². The van der Waals surface area contributed by atoms with Crippen molar-refractivity contribution in [3.63, 3.8) is 0 Å². The van der Waals surface area contributed by atoms with Crippen LogP contribution in [0.5, 0.6) is 0 Å². The highest BCUT2D eigenvalue weighted by molar-refractivity contribution is 7.79. The summed E-state index contributed by atoms with van der Waals surface area (Å²) >= 11 is -1.93. The van der Waals surface area contributed by atoms with Crippen LogP contribution in [0.1, 0.15) is 36.5 Å². The molecule has 2 nitrogen and oxygen atoms in total. The average molecular weight is 262 g/mol. The van der Waals surface area contributed by atoms with Crippen molar-refractivity contribution in [1.82, 2.24) is 0 Å². The van der Waals surface area contributed by atoms with Crippen molar-refractivity contribution in [3.8, 4) is 11.1 Å². The molecule has 0 heterocycles. The predicted molar refractivity (Wildman–Crippen MR) is 75.7 cm³/mol. The summed E-state index contributed by atoms with van der Waals surface area (Å²) in [6.45, 7) is 8.28. The molecule has 2 aliphatic rings. The van der Waals surface area contributed by atoms with Gasteiger partial charge in [0, 0.05) is 5.56 Å². The highest BCUT2D eigenvalue weighted by Crippen LogP contribution is 2.37. The molecule has 0 aliphatic heterocycles. The van der Waals surface area contributed by atoms with Gasteiger partial charge in [-0.3, -0.25) is 0 Å². The number of fused-ring (bicyclic) bond motifs is 1. The minimum Gasteiger partial charge on any atom is -0.302 e. The molecule has 96 valence electrons. The fourth-order valence-electron chi connectivity index (χ4n) is 2.29. The Morgan fingerprint density at radius 3 is 2.33 bits per heavy atom. The van der Waals surface area contributed by atoms with E-state index in [1.165, 1.54) is 5.56 Å². The zero-order chi connectivity index (χ0) is 13.4. The van der Waals surface area contributed by atoms with Crippen molar-refractivity contribution in [2.75, 3.05) is 0 Å². The fraction of sp³-hybridized carbons (Fsp3) is 0.333. The van der Waals surface area contributed by atoms with Gasteiger partial charge >= 0.3 is 0 Å². The lowest BCUT2D eigenvalue weighted by Crippen LogP contribution is -1.88. The average Bonchev–Trinajstić information content (AvgIpc) is 2.50. The van der Waals surface area contributed by atoms with Crippen molar-refractivity contribution in [2.45, 2.75) is 38.5 Å². The van der Waals surface area contributed by atoms with E-state index in [2.05, 4.69) is 26.0 Å². The van der Waals surface area contributed by atoms with E-state index in [0.29, 0.717) is 10.8 Å². The van der Waals surface area contributed by atoms with Gasteiger partial charge in [-0.05, 0) is 48.1 Å². The van der Waals surface area contributed by atoms with Gasteiger partial charge in [0.15, 0.2) is 11.1 Å². The maximum absolute atomic E-state index is 11.4. The quantitative estimate of drug-likeness (QED) is 0.827. The number of hydrogen-bond donors (Lipinski definition) is 1. The van der Waals surface area contributed by atoms with Crippen molar-refractivity contribution in [2.24, 2.45) is 0 Å². The molecular formula is C15H18O2S. The molecule has 18 heavy (non-hydrogen) atoms. The SMILES string of the molecule is Cc1cc(S(=O)O)c2c(C)ccc(C(C)C)cc1-2. The molecule has 2 rings (SSSR count). The molecule has 0 radical (unpaired) electrons. The molecule has 3 heteroatoms. The monoisotopic (exact) mass is 262 g/mol. The van der Waals surface area contributed by atoms with Gasteiger partial charge in [-0.1, -0.05) is 32.0 Å². The zero-order valence-corrected chi connectivity index (χ0v) is 12.0. The highest BCUT2D eigenvalue weighted by Gasteiger charge is 2.19. The van der Waals surface area contributed by atoms with E-state index in [1.54, 1.807) is 0 Å². The minimum atomic E-state index is -1.93. The van der Waals surface area contributed by atoms with E-state index < -0.39 is 11.1 Å². The fourth-order valence-corrected chi connectivity index (χ4v) is 3.01. The molecule has 0 saturated heterocycles. The first-order chi connectivity index (χ1) is 8.41. The normalized spacial score (nSPS) is 13.2. The molecule has 1 N–H and O–H groups in total. The van der Waals surface area contributed by atoms with Gasteiger partial charge in [-0.15, -0.1) is 0 Å². The molecule has 0 spiro atoms. The van der Waals surface area contributed by atoms with Crippen LogP contribution in [0.25, 0.3) is 11.1 Å². The second-order valence-electron chi connectivity index (χ2n) is 5.04. The van der Waals surface area contributed by atoms with Crippen molar-refractivity contribution >= 4 is 11.1 Å². The number of hydrogen-bond acceptors (Lipinski definition) is 1. The summed E-state index contributed by atoms with van der Waals surface area (Å²) in [4.78, 5) is 0.519. The maximum Gasteiger partial charge on any atom is 0.187 e. The van der Waals surface area contributed by atoms with Crippen molar-refractivity contribution < 1.29 is 8.76 Å². The summed E-state index contributed by atoms with van der Waals surface area (Å²) in [6, 6.07) is 8.09. The Hall–Kier alpha value is -1.19. The molecule has 0 amide bonds. The Balaban J connectivity index is 2.79. The molecule has 1 atom stereocenters. The third-order valence-corrected chi connectivity index (χ3v) is 4.07. The third kappa shape index (κ3) is 2.20. The Morgan fingerprint density at radius 1 is 1.11 bits per heavy atom. The molecule has 0 aromatic heterocycles. The van der Waals surface area contributed by atoms with E-state index in [4.69, 9.17) is 0 Å². The maximum atomic E-state index is 11.4. The molecule has 0 aromatic rings. The Kier molecular flexibility index (Phi) is 3.55. The van der Waals surface area contributed by atoms with Gasteiger partial charge in [0.25, 0.3) is 0 Å². The van der Waals surface area contributed by atoms with Crippen LogP contribution in [0.15, 0.2) is 29.2 Å². The Bertz CT molecular complexity index is 588. The Labute approximate surface area is 111 Å². The second-order valence-corrected chi connectivity index (χ2v) is 5.98. The predicted octanol–water partition coefficient (Wildman–Crippen LogP) is 4.11. The Morgan fingerprint density at radius 2 is 1.78 bits per heavy atom.